The van der Waals surface area contributed by atoms with Gasteiger partial charge in [-0.05, 0) is 36.6 Å². The van der Waals surface area contributed by atoms with Gasteiger partial charge in [0, 0.05) is 36.6 Å². The van der Waals surface area contributed by atoms with E-state index >= 15 is 0 Å². The van der Waals surface area contributed by atoms with Gasteiger partial charge < -0.3 is 19.9 Å². The normalized spacial score (nSPS) is 14.9. The number of hydrogen-bond donors (Lipinski definition) is 2. The Balaban J connectivity index is 1.47. The monoisotopic (exact) mass is 495 g/mol. The van der Waals surface area contributed by atoms with E-state index in [4.69, 9.17) is 16.3 Å². The van der Waals surface area contributed by atoms with Crippen molar-refractivity contribution in [2.24, 2.45) is 0 Å². The van der Waals surface area contributed by atoms with Gasteiger partial charge in [0.15, 0.2) is 6.61 Å². The van der Waals surface area contributed by atoms with Gasteiger partial charge in [-0.15, -0.1) is 0 Å². The number of aromatic amines is 1. The van der Waals surface area contributed by atoms with Crippen LogP contribution in [0.2, 0.25) is 5.02 Å². The number of carbonyl (C=O) groups excluding carboxylic acids is 3. The van der Waals surface area contributed by atoms with Crippen molar-refractivity contribution in [1.29, 1.82) is 0 Å². The minimum atomic E-state index is -0.995. The zero-order chi connectivity index (χ0) is 24.8. The molecule has 0 aliphatic heterocycles. The summed E-state index contributed by atoms with van der Waals surface area (Å²) in [5.74, 6) is -1.39. The van der Waals surface area contributed by atoms with E-state index in [2.05, 4.69) is 10.3 Å². The molecule has 35 heavy (non-hydrogen) atoms. The minimum absolute atomic E-state index is 0.178. The number of likely N-dealkylation sites (N-methyl/N-ethyl adjacent to an activating group) is 1. The van der Waals surface area contributed by atoms with E-state index in [1.54, 1.807) is 36.2 Å². The lowest BCUT2D eigenvalue weighted by Gasteiger charge is -2.31. The van der Waals surface area contributed by atoms with Crippen LogP contribution in [0.1, 0.15) is 48.0 Å². The van der Waals surface area contributed by atoms with Crippen LogP contribution in [0.15, 0.2) is 54.7 Å². The molecule has 3 aromatic rings. The van der Waals surface area contributed by atoms with E-state index in [0.29, 0.717) is 0 Å². The van der Waals surface area contributed by atoms with E-state index < -0.39 is 17.9 Å². The molecular formula is C27H30ClN3O4. The van der Waals surface area contributed by atoms with Crippen LogP contribution in [-0.4, -0.2) is 53.4 Å². The molecule has 1 aromatic heterocycles. The quantitative estimate of drug-likeness (QED) is 0.450. The van der Waals surface area contributed by atoms with Crippen LogP contribution in [-0.2, 0) is 20.7 Å². The number of hydrogen-bond acceptors (Lipinski definition) is 4. The summed E-state index contributed by atoms with van der Waals surface area (Å²) in [6.45, 7) is -0.363. The molecule has 2 aromatic carbocycles. The molecule has 1 saturated carbocycles. The Kier molecular flexibility index (Phi) is 8.08. The number of H-pyrrole nitrogens is 1. The van der Waals surface area contributed by atoms with E-state index in [1.165, 1.54) is 6.42 Å². The molecule has 4 rings (SSSR count). The van der Waals surface area contributed by atoms with Crippen molar-refractivity contribution in [3.05, 3.63) is 70.9 Å². The number of para-hydroxylation sites is 1. The standard InChI is InChI=1S/C27H30ClN3O4/c1-31(19-9-3-2-4-10-19)25(32)17-35-27(34)24(30-26(33)21-12-5-7-13-22(21)28)15-18-16-29-23-14-8-6-11-20(18)23/h5-8,11-14,16,19,24,29H,2-4,9-10,15,17H2,1H3,(H,30,33)/t24-/m0/s1. The third kappa shape index (κ3) is 6.03. The highest BCUT2D eigenvalue weighted by Crippen LogP contribution is 2.22. The molecule has 184 valence electrons. The number of rotatable bonds is 8. The van der Waals surface area contributed by atoms with Gasteiger partial charge in [0.2, 0.25) is 0 Å². The van der Waals surface area contributed by atoms with Gasteiger partial charge in [-0.2, -0.15) is 0 Å². The molecule has 1 fully saturated rings. The molecule has 0 radical (unpaired) electrons. The fourth-order valence-corrected chi connectivity index (χ4v) is 4.82. The molecule has 0 spiro atoms. The first-order valence-electron chi connectivity index (χ1n) is 12.0. The number of esters is 1. The Morgan fingerprint density at radius 3 is 2.57 bits per heavy atom. The molecule has 2 N–H and O–H groups in total. The van der Waals surface area contributed by atoms with E-state index in [9.17, 15) is 14.4 Å². The summed E-state index contributed by atoms with van der Waals surface area (Å²) in [6, 6.07) is 13.5. The largest absolute Gasteiger partial charge is 0.454 e. The molecule has 0 unspecified atom stereocenters. The molecule has 1 heterocycles. The number of ether oxygens (including phenoxy) is 1. The fourth-order valence-electron chi connectivity index (χ4n) is 4.60. The zero-order valence-electron chi connectivity index (χ0n) is 19.8. The Bertz CT molecular complexity index is 1200. The molecule has 1 atom stereocenters. The number of fused-ring (bicyclic) bond motifs is 1. The van der Waals surface area contributed by atoms with E-state index in [-0.39, 0.29) is 35.6 Å². The molecule has 1 aliphatic rings. The average Bonchev–Trinajstić information content (AvgIpc) is 3.29. The van der Waals surface area contributed by atoms with Crippen LogP contribution >= 0.6 is 11.6 Å². The first kappa shape index (κ1) is 24.8. The van der Waals surface area contributed by atoms with Gasteiger partial charge >= 0.3 is 5.97 Å². The summed E-state index contributed by atoms with van der Waals surface area (Å²) in [5.41, 5.74) is 2.04. The Morgan fingerprint density at radius 2 is 1.80 bits per heavy atom. The fraction of sp³-hybridized carbons (Fsp3) is 0.370. The van der Waals surface area contributed by atoms with Crippen LogP contribution in [0.5, 0.6) is 0 Å². The highest BCUT2D eigenvalue weighted by atomic mass is 35.5. The van der Waals surface area contributed by atoms with Crippen molar-refractivity contribution in [1.82, 2.24) is 15.2 Å². The SMILES string of the molecule is CN(C(=O)COC(=O)[C@H](Cc1c[nH]c2ccccc12)NC(=O)c1ccccc1Cl)C1CCCCC1. The third-order valence-electron chi connectivity index (χ3n) is 6.66. The Labute approximate surface area is 209 Å². The second-order valence-electron chi connectivity index (χ2n) is 8.97. The van der Waals surface area contributed by atoms with Gasteiger partial charge in [-0.25, -0.2) is 4.79 Å². The number of nitrogens with zero attached hydrogens (tertiary/aromatic N) is 1. The number of carbonyl (C=O) groups is 3. The number of benzene rings is 2. The number of aromatic nitrogens is 1. The number of amides is 2. The minimum Gasteiger partial charge on any atom is -0.454 e. The molecule has 1 aliphatic carbocycles. The van der Waals surface area contributed by atoms with Crippen LogP contribution in [0.3, 0.4) is 0 Å². The highest BCUT2D eigenvalue weighted by Gasteiger charge is 2.28. The maximum atomic E-state index is 13.1. The summed E-state index contributed by atoms with van der Waals surface area (Å²) in [7, 11) is 1.76. The number of halogens is 1. The van der Waals surface area contributed by atoms with Crippen molar-refractivity contribution >= 4 is 40.3 Å². The van der Waals surface area contributed by atoms with Crippen molar-refractivity contribution in [2.45, 2.75) is 50.6 Å². The lowest BCUT2D eigenvalue weighted by atomic mass is 9.94. The molecule has 2 amide bonds. The van der Waals surface area contributed by atoms with Gasteiger partial charge in [-0.1, -0.05) is 61.2 Å². The van der Waals surface area contributed by atoms with Gasteiger partial charge in [0.1, 0.15) is 6.04 Å². The summed E-state index contributed by atoms with van der Waals surface area (Å²) >= 11 is 6.18. The van der Waals surface area contributed by atoms with Crippen LogP contribution in [0.4, 0.5) is 0 Å². The predicted molar refractivity (Wildman–Crippen MR) is 135 cm³/mol. The average molecular weight is 496 g/mol. The van der Waals surface area contributed by atoms with Crippen LogP contribution in [0, 0.1) is 0 Å². The van der Waals surface area contributed by atoms with Crippen LogP contribution < -0.4 is 5.32 Å². The Hall–Kier alpha value is -3.32. The summed E-state index contributed by atoms with van der Waals surface area (Å²) in [4.78, 5) is 43.6. The predicted octanol–water partition coefficient (Wildman–Crippen LogP) is 4.50. The molecule has 0 bridgehead atoms. The van der Waals surface area contributed by atoms with Gasteiger partial charge in [0.05, 0.1) is 10.6 Å². The molecular weight excluding hydrogens is 466 g/mol. The zero-order valence-corrected chi connectivity index (χ0v) is 20.5. The van der Waals surface area contributed by atoms with Crippen molar-refractivity contribution in [3.8, 4) is 0 Å². The van der Waals surface area contributed by atoms with E-state index in [1.807, 2.05) is 30.5 Å². The van der Waals surface area contributed by atoms with Crippen molar-refractivity contribution in [2.75, 3.05) is 13.7 Å². The second kappa shape index (κ2) is 11.4. The second-order valence-corrected chi connectivity index (χ2v) is 9.38. The first-order chi connectivity index (χ1) is 16.9. The van der Waals surface area contributed by atoms with Crippen LogP contribution in [0.25, 0.3) is 10.9 Å². The van der Waals surface area contributed by atoms with Gasteiger partial charge in [-0.3, -0.25) is 9.59 Å². The number of nitrogens with one attached hydrogen (secondary N) is 2. The maximum Gasteiger partial charge on any atom is 0.329 e. The first-order valence-corrected chi connectivity index (χ1v) is 12.3. The van der Waals surface area contributed by atoms with Crippen molar-refractivity contribution < 1.29 is 19.1 Å². The third-order valence-corrected chi connectivity index (χ3v) is 6.99. The smallest absolute Gasteiger partial charge is 0.329 e. The lowest BCUT2D eigenvalue weighted by molar-refractivity contribution is -0.154. The highest BCUT2D eigenvalue weighted by molar-refractivity contribution is 6.33. The van der Waals surface area contributed by atoms with E-state index in [0.717, 1.165) is 42.1 Å². The molecule has 7 nitrogen and oxygen atoms in total. The maximum absolute atomic E-state index is 13.1. The summed E-state index contributed by atoms with van der Waals surface area (Å²) < 4.78 is 5.42. The molecule has 8 heteroatoms. The Morgan fingerprint density at radius 1 is 1.09 bits per heavy atom. The van der Waals surface area contributed by atoms with Crippen molar-refractivity contribution in [3.63, 3.8) is 0 Å². The van der Waals surface area contributed by atoms with Gasteiger partial charge in [0.25, 0.3) is 11.8 Å². The summed E-state index contributed by atoms with van der Waals surface area (Å²) in [5, 5.41) is 3.99. The topological polar surface area (TPSA) is 91.5 Å². The lowest BCUT2D eigenvalue weighted by Crippen LogP contribution is -2.45. The molecule has 0 saturated heterocycles. The summed E-state index contributed by atoms with van der Waals surface area (Å²) in [6.07, 6.45) is 7.33.